The Kier molecular flexibility index (Phi) is 4.65. The maximum atomic E-state index is 13.0. The van der Waals surface area contributed by atoms with Crippen molar-refractivity contribution in [1.29, 1.82) is 0 Å². The summed E-state index contributed by atoms with van der Waals surface area (Å²) in [6, 6.07) is 0.289. The summed E-state index contributed by atoms with van der Waals surface area (Å²) in [5.41, 5.74) is 1.77. The predicted molar refractivity (Wildman–Crippen MR) is 113 cm³/mol. The van der Waals surface area contributed by atoms with E-state index in [2.05, 4.69) is 25.6 Å². The van der Waals surface area contributed by atoms with Crippen LogP contribution in [0.3, 0.4) is 0 Å². The molecular weight excluding hydrogens is 384 g/mol. The molecule has 29 heavy (non-hydrogen) atoms. The van der Waals surface area contributed by atoms with Crippen molar-refractivity contribution < 1.29 is 9.53 Å². The number of nitrogens with zero attached hydrogens (tertiary/aromatic N) is 3. The third-order valence-corrected chi connectivity index (χ3v) is 8.65. The molecule has 6 fully saturated rings. The molecule has 2 atom stereocenters. The van der Waals surface area contributed by atoms with E-state index in [9.17, 15) is 4.79 Å². The van der Waals surface area contributed by atoms with Gasteiger partial charge < -0.3 is 15.0 Å². The zero-order chi connectivity index (χ0) is 19.4. The van der Waals surface area contributed by atoms with Crippen LogP contribution in [0.2, 0.25) is 0 Å². The van der Waals surface area contributed by atoms with E-state index in [1.807, 2.05) is 0 Å². The first-order chi connectivity index (χ1) is 14.2. The zero-order valence-electron chi connectivity index (χ0n) is 16.9. The number of hydrogen-bond acceptors (Lipinski definition) is 6. The Hall–Kier alpha value is -1.44. The Morgan fingerprint density at radius 1 is 1.03 bits per heavy atom. The van der Waals surface area contributed by atoms with Crippen LogP contribution in [0.5, 0.6) is 0 Å². The highest BCUT2D eigenvalue weighted by atomic mass is 32.1. The molecule has 1 aliphatic carbocycles. The van der Waals surface area contributed by atoms with E-state index >= 15 is 0 Å². The van der Waals surface area contributed by atoms with Gasteiger partial charge in [0.25, 0.3) is 5.91 Å². The number of rotatable bonds is 4. The number of piperidine rings is 6. The van der Waals surface area contributed by atoms with Gasteiger partial charge in [-0.1, -0.05) is 0 Å². The van der Waals surface area contributed by atoms with Gasteiger partial charge in [0, 0.05) is 31.1 Å². The fourth-order valence-corrected chi connectivity index (χ4v) is 6.89. The van der Waals surface area contributed by atoms with Crippen LogP contribution in [0.4, 0.5) is 0 Å². The number of aromatic nitrogens is 1. The van der Waals surface area contributed by atoms with E-state index in [-0.39, 0.29) is 11.9 Å². The average Bonchev–Trinajstić information content (AvgIpc) is 3.19. The van der Waals surface area contributed by atoms with E-state index in [0.717, 1.165) is 42.1 Å². The summed E-state index contributed by atoms with van der Waals surface area (Å²) in [5.74, 6) is 2.46. The molecule has 1 aromatic rings. The number of fused-ring (bicyclic) bond motifs is 7. The smallest absolute Gasteiger partial charge is 0.271 e. The van der Waals surface area contributed by atoms with E-state index < -0.39 is 0 Å². The molecule has 0 aromatic carbocycles. The lowest BCUT2D eigenvalue weighted by Gasteiger charge is -2.45. The minimum absolute atomic E-state index is 0.0245. The maximum absolute atomic E-state index is 13.0. The van der Waals surface area contributed by atoms with Crippen LogP contribution in [0.15, 0.2) is 5.76 Å². The standard InChI is InChI=1S/C22H30N4O2S/c27-22(23-18-12-25-7-3-14(18)4-8-25)21-17-2-1-16(11-20(17)29-24-21)28-19-13-26-9-5-15(19)6-10-26/h11,14-15,18-19H,1-10,12-13H2,(H,23,27)/t18-,19?/m0/s1. The molecule has 1 aromatic heterocycles. The Morgan fingerprint density at radius 2 is 1.76 bits per heavy atom. The first kappa shape index (κ1) is 18.3. The number of ether oxygens (including phenoxy) is 1. The number of allylic oxidation sites excluding steroid dienone is 1. The van der Waals surface area contributed by atoms with Crippen molar-refractivity contribution in [2.75, 3.05) is 39.3 Å². The lowest BCUT2D eigenvalue weighted by Crippen LogP contribution is -2.57. The van der Waals surface area contributed by atoms with Crippen LogP contribution in [-0.4, -0.2) is 71.5 Å². The van der Waals surface area contributed by atoms with Crippen LogP contribution >= 0.6 is 11.5 Å². The number of hydrogen-bond donors (Lipinski definition) is 1. The van der Waals surface area contributed by atoms with E-state index in [4.69, 9.17) is 4.74 Å². The van der Waals surface area contributed by atoms with E-state index in [1.54, 1.807) is 0 Å². The lowest BCUT2D eigenvalue weighted by molar-refractivity contribution is -0.0429. The van der Waals surface area contributed by atoms with Crippen molar-refractivity contribution in [2.45, 2.75) is 50.7 Å². The minimum atomic E-state index is 0.0245. The van der Waals surface area contributed by atoms with Crippen molar-refractivity contribution in [3.05, 3.63) is 21.9 Å². The molecule has 7 heteroatoms. The number of carbonyl (C=O) groups is 1. The van der Waals surface area contributed by atoms with Crippen molar-refractivity contribution in [3.8, 4) is 0 Å². The quantitative estimate of drug-likeness (QED) is 0.820. The molecule has 7 heterocycles. The van der Waals surface area contributed by atoms with Crippen molar-refractivity contribution in [3.63, 3.8) is 0 Å². The van der Waals surface area contributed by atoms with Crippen molar-refractivity contribution >= 4 is 23.5 Å². The van der Waals surface area contributed by atoms with Gasteiger partial charge in [-0.3, -0.25) is 9.69 Å². The molecule has 1 amide bonds. The summed E-state index contributed by atoms with van der Waals surface area (Å²) in [6.45, 7) is 6.93. The second-order valence-corrected chi connectivity index (χ2v) is 10.3. The predicted octanol–water partition coefficient (Wildman–Crippen LogP) is 2.37. The third-order valence-electron chi connectivity index (χ3n) is 7.82. The molecule has 156 valence electrons. The molecule has 1 unspecified atom stereocenters. The number of amides is 1. The highest BCUT2D eigenvalue weighted by molar-refractivity contribution is 7.07. The summed E-state index contributed by atoms with van der Waals surface area (Å²) >= 11 is 1.45. The molecule has 0 spiro atoms. The summed E-state index contributed by atoms with van der Waals surface area (Å²) in [6.07, 6.45) is 9.21. The number of carbonyl (C=O) groups excluding carboxylic acids is 1. The molecule has 0 radical (unpaired) electrons. The molecular formula is C22H30N4O2S. The van der Waals surface area contributed by atoms with Gasteiger partial charge in [0.2, 0.25) is 0 Å². The van der Waals surface area contributed by atoms with Gasteiger partial charge in [0.15, 0.2) is 0 Å². The van der Waals surface area contributed by atoms with Gasteiger partial charge in [-0.25, -0.2) is 0 Å². The van der Waals surface area contributed by atoms with Crippen molar-refractivity contribution in [1.82, 2.24) is 19.5 Å². The normalized spacial score (nSPS) is 37.7. The molecule has 1 N–H and O–H groups in total. The van der Waals surface area contributed by atoms with E-state index in [0.29, 0.717) is 23.6 Å². The summed E-state index contributed by atoms with van der Waals surface area (Å²) in [5, 5.41) is 3.30. The monoisotopic (exact) mass is 414 g/mol. The van der Waals surface area contributed by atoms with Gasteiger partial charge in [0.1, 0.15) is 11.8 Å². The molecule has 0 saturated carbocycles. The second-order valence-electron chi connectivity index (χ2n) is 9.50. The third kappa shape index (κ3) is 3.41. The summed E-state index contributed by atoms with van der Waals surface area (Å²) < 4.78 is 11.0. The second kappa shape index (κ2) is 7.36. The number of nitrogens with one attached hydrogen (secondary N) is 1. The Labute approximate surface area is 176 Å². The van der Waals surface area contributed by atoms with Crippen LogP contribution in [0, 0.1) is 11.8 Å². The molecule has 8 rings (SSSR count). The highest BCUT2D eigenvalue weighted by Crippen LogP contribution is 2.35. The summed E-state index contributed by atoms with van der Waals surface area (Å²) in [4.78, 5) is 19.1. The minimum Gasteiger partial charge on any atom is -0.493 e. The topological polar surface area (TPSA) is 57.7 Å². The molecule has 6 saturated heterocycles. The van der Waals surface area contributed by atoms with Crippen LogP contribution in [-0.2, 0) is 11.2 Å². The average molecular weight is 415 g/mol. The molecule has 6 aliphatic heterocycles. The molecule has 6 nitrogen and oxygen atoms in total. The first-order valence-corrected chi connectivity index (χ1v) is 12.1. The van der Waals surface area contributed by atoms with Crippen LogP contribution in [0.25, 0.3) is 6.08 Å². The van der Waals surface area contributed by atoms with Gasteiger partial charge in [0.05, 0.1) is 10.6 Å². The van der Waals surface area contributed by atoms with Gasteiger partial charge in [-0.05, 0) is 87.7 Å². The van der Waals surface area contributed by atoms with Crippen LogP contribution in [0.1, 0.15) is 53.0 Å². The largest absolute Gasteiger partial charge is 0.493 e. The van der Waals surface area contributed by atoms with Gasteiger partial charge in [-0.2, -0.15) is 4.37 Å². The molecule has 7 aliphatic rings. The maximum Gasteiger partial charge on any atom is 0.271 e. The Bertz CT molecular complexity index is 821. The Balaban J connectivity index is 1.13. The SMILES string of the molecule is O=C(N[C@H]1CN2CCC1CC2)c1nsc2c1CCC(OC1CN3CCC1CC3)=C2. The fourth-order valence-electron chi connectivity index (χ4n) is 6.02. The highest BCUT2D eigenvalue weighted by Gasteiger charge is 2.37. The lowest BCUT2D eigenvalue weighted by atomic mass is 9.84. The Morgan fingerprint density at radius 3 is 2.41 bits per heavy atom. The molecule has 4 bridgehead atoms. The van der Waals surface area contributed by atoms with Gasteiger partial charge >= 0.3 is 0 Å². The van der Waals surface area contributed by atoms with E-state index in [1.165, 1.54) is 63.4 Å². The fraction of sp³-hybridized carbons (Fsp3) is 0.727. The zero-order valence-corrected chi connectivity index (χ0v) is 17.8. The first-order valence-electron chi connectivity index (χ1n) is 11.3. The van der Waals surface area contributed by atoms with Crippen molar-refractivity contribution in [2.24, 2.45) is 11.8 Å². The van der Waals surface area contributed by atoms with Crippen LogP contribution < -0.4 is 5.32 Å². The van der Waals surface area contributed by atoms with Gasteiger partial charge in [-0.15, -0.1) is 0 Å². The summed E-state index contributed by atoms with van der Waals surface area (Å²) in [7, 11) is 0.